The Morgan fingerprint density at radius 2 is 2.00 bits per heavy atom. The summed E-state index contributed by atoms with van der Waals surface area (Å²) in [5, 5.41) is 7.19. The Bertz CT molecular complexity index is 115. The van der Waals surface area contributed by atoms with Crippen LogP contribution in [-0.2, 0) is 0 Å². The molecule has 0 radical (unpaired) electrons. The van der Waals surface area contributed by atoms with Crippen molar-refractivity contribution in [2.24, 2.45) is 16.2 Å². The molecule has 0 atom stereocenters. The van der Waals surface area contributed by atoms with E-state index in [4.69, 9.17) is 5.84 Å². The highest BCUT2D eigenvalue weighted by Crippen LogP contribution is 2.11. The van der Waals surface area contributed by atoms with Gasteiger partial charge in [-0.25, -0.2) is 0 Å². The van der Waals surface area contributed by atoms with E-state index < -0.39 is 0 Å². The standard InChI is InChI=1S/C6H14N4/c1-10-4-2-6(3-5-10)8-9-7/h6H,2-5H2,1H3,(H2,7,8). The van der Waals surface area contributed by atoms with E-state index in [2.05, 4.69) is 22.3 Å². The van der Waals surface area contributed by atoms with Gasteiger partial charge in [-0.15, -0.1) is 0 Å². The zero-order valence-corrected chi connectivity index (χ0v) is 6.32. The van der Waals surface area contributed by atoms with Crippen LogP contribution in [0, 0.1) is 0 Å². The maximum absolute atomic E-state index is 4.94. The van der Waals surface area contributed by atoms with E-state index in [9.17, 15) is 0 Å². The van der Waals surface area contributed by atoms with E-state index >= 15 is 0 Å². The Labute approximate surface area is 61.1 Å². The number of nitrogens with two attached hydrogens (primary N) is 1. The molecule has 0 amide bonds. The molecule has 1 heterocycles. The predicted octanol–water partition coefficient (Wildman–Crippen LogP) is 0.406. The van der Waals surface area contributed by atoms with Crippen molar-refractivity contribution in [2.75, 3.05) is 20.1 Å². The summed E-state index contributed by atoms with van der Waals surface area (Å²) in [6, 6.07) is 0.376. The van der Waals surface area contributed by atoms with Crippen molar-refractivity contribution in [3.05, 3.63) is 0 Å². The Balaban J connectivity index is 2.26. The van der Waals surface area contributed by atoms with Gasteiger partial charge >= 0.3 is 0 Å². The van der Waals surface area contributed by atoms with Gasteiger partial charge < -0.3 is 10.7 Å². The van der Waals surface area contributed by atoms with E-state index in [1.54, 1.807) is 0 Å². The SMILES string of the molecule is CN1CCC(N=NN)CC1. The lowest BCUT2D eigenvalue weighted by Crippen LogP contribution is -2.31. The van der Waals surface area contributed by atoms with Crippen LogP contribution in [0.1, 0.15) is 12.8 Å². The third kappa shape index (κ3) is 1.95. The molecular formula is C6H14N4. The largest absolute Gasteiger partial charge is 0.306 e. The minimum absolute atomic E-state index is 0.376. The lowest BCUT2D eigenvalue weighted by atomic mass is 10.1. The highest BCUT2D eigenvalue weighted by atomic mass is 15.3. The molecule has 0 aromatic heterocycles. The molecule has 10 heavy (non-hydrogen) atoms. The number of likely N-dealkylation sites (tertiary alicyclic amines) is 1. The van der Waals surface area contributed by atoms with Crippen molar-refractivity contribution in [3.8, 4) is 0 Å². The first kappa shape index (κ1) is 7.47. The second kappa shape index (κ2) is 3.51. The van der Waals surface area contributed by atoms with E-state index in [0.29, 0.717) is 6.04 Å². The summed E-state index contributed by atoms with van der Waals surface area (Å²) in [7, 11) is 2.12. The zero-order valence-electron chi connectivity index (χ0n) is 6.32. The molecule has 4 nitrogen and oxygen atoms in total. The molecule has 2 N–H and O–H groups in total. The quantitative estimate of drug-likeness (QED) is 0.327. The Kier molecular flexibility index (Phi) is 2.62. The normalized spacial score (nSPS) is 24.1. The number of nitrogens with zero attached hydrogens (tertiary/aromatic N) is 3. The molecule has 1 rings (SSSR count). The maximum atomic E-state index is 4.94. The summed E-state index contributed by atoms with van der Waals surface area (Å²) >= 11 is 0. The smallest absolute Gasteiger partial charge is 0.0753 e. The first-order valence-corrected chi connectivity index (χ1v) is 3.61. The molecule has 0 aromatic rings. The molecule has 1 saturated heterocycles. The van der Waals surface area contributed by atoms with Crippen molar-refractivity contribution >= 4 is 0 Å². The average Bonchev–Trinajstić information content (AvgIpc) is 1.95. The lowest BCUT2D eigenvalue weighted by molar-refractivity contribution is 0.253. The third-order valence-corrected chi connectivity index (χ3v) is 1.92. The summed E-state index contributed by atoms with van der Waals surface area (Å²) in [5.74, 6) is 4.94. The zero-order chi connectivity index (χ0) is 7.40. The third-order valence-electron chi connectivity index (χ3n) is 1.92. The van der Waals surface area contributed by atoms with E-state index in [0.717, 1.165) is 25.9 Å². The number of piperidine rings is 1. The predicted molar refractivity (Wildman–Crippen MR) is 39.6 cm³/mol. The number of hydrogen-bond donors (Lipinski definition) is 1. The number of hydrogen-bond acceptors (Lipinski definition) is 3. The van der Waals surface area contributed by atoms with Crippen LogP contribution < -0.4 is 5.84 Å². The molecule has 1 aliphatic rings. The molecule has 0 unspecified atom stereocenters. The maximum Gasteiger partial charge on any atom is 0.0753 e. The average molecular weight is 142 g/mol. The summed E-state index contributed by atoms with van der Waals surface area (Å²) in [6.45, 7) is 2.23. The Morgan fingerprint density at radius 3 is 2.50 bits per heavy atom. The second-order valence-corrected chi connectivity index (χ2v) is 2.77. The molecule has 0 bridgehead atoms. The summed E-state index contributed by atoms with van der Waals surface area (Å²) in [5.41, 5.74) is 0. The first-order chi connectivity index (χ1) is 4.83. The fourth-order valence-electron chi connectivity index (χ4n) is 1.20. The van der Waals surface area contributed by atoms with Crippen molar-refractivity contribution in [3.63, 3.8) is 0 Å². The van der Waals surface area contributed by atoms with Crippen LogP contribution in [0.3, 0.4) is 0 Å². The molecular weight excluding hydrogens is 128 g/mol. The fourth-order valence-corrected chi connectivity index (χ4v) is 1.20. The molecule has 1 aliphatic heterocycles. The van der Waals surface area contributed by atoms with Gasteiger partial charge in [0.2, 0.25) is 0 Å². The van der Waals surface area contributed by atoms with Crippen molar-refractivity contribution in [1.29, 1.82) is 0 Å². The molecule has 0 aromatic carbocycles. The van der Waals surface area contributed by atoms with Gasteiger partial charge in [-0.05, 0) is 33.0 Å². The van der Waals surface area contributed by atoms with Crippen molar-refractivity contribution in [2.45, 2.75) is 18.9 Å². The highest BCUT2D eigenvalue weighted by molar-refractivity contribution is 4.73. The van der Waals surface area contributed by atoms with Crippen molar-refractivity contribution in [1.82, 2.24) is 4.90 Å². The summed E-state index contributed by atoms with van der Waals surface area (Å²) in [4.78, 5) is 2.29. The second-order valence-electron chi connectivity index (χ2n) is 2.77. The molecule has 0 aliphatic carbocycles. The van der Waals surface area contributed by atoms with Gasteiger partial charge in [0, 0.05) is 0 Å². The van der Waals surface area contributed by atoms with Gasteiger partial charge in [-0.1, -0.05) is 5.22 Å². The minimum Gasteiger partial charge on any atom is -0.306 e. The van der Waals surface area contributed by atoms with E-state index in [1.807, 2.05) is 0 Å². The van der Waals surface area contributed by atoms with Crippen LogP contribution >= 0.6 is 0 Å². The summed E-state index contributed by atoms with van der Waals surface area (Å²) < 4.78 is 0. The number of rotatable bonds is 1. The van der Waals surface area contributed by atoms with Crippen molar-refractivity contribution < 1.29 is 0 Å². The van der Waals surface area contributed by atoms with Gasteiger partial charge in [-0.2, -0.15) is 5.11 Å². The van der Waals surface area contributed by atoms with Crippen LogP contribution in [0.5, 0.6) is 0 Å². The Hall–Kier alpha value is -0.640. The molecule has 4 heteroatoms. The first-order valence-electron chi connectivity index (χ1n) is 3.61. The van der Waals surface area contributed by atoms with Crippen LogP contribution in [0.25, 0.3) is 0 Å². The van der Waals surface area contributed by atoms with E-state index in [1.165, 1.54) is 0 Å². The van der Waals surface area contributed by atoms with Gasteiger partial charge in [-0.3, -0.25) is 0 Å². The molecule has 0 saturated carbocycles. The molecule has 58 valence electrons. The van der Waals surface area contributed by atoms with Crippen LogP contribution in [0.15, 0.2) is 10.3 Å². The molecule has 0 spiro atoms. The Morgan fingerprint density at radius 1 is 1.40 bits per heavy atom. The van der Waals surface area contributed by atoms with Gasteiger partial charge in [0.05, 0.1) is 6.04 Å². The monoisotopic (exact) mass is 142 g/mol. The molecule has 1 fully saturated rings. The fraction of sp³-hybridized carbons (Fsp3) is 1.00. The van der Waals surface area contributed by atoms with Crippen LogP contribution in [-0.4, -0.2) is 31.1 Å². The lowest BCUT2D eigenvalue weighted by Gasteiger charge is -2.25. The van der Waals surface area contributed by atoms with Gasteiger partial charge in [0.1, 0.15) is 0 Å². The van der Waals surface area contributed by atoms with Gasteiger partial charge in [0.15, 0.2) is 0 Å². The van der Waals surface area contributed by atoms with Crippen LogP contribution in [0.2, 0.25) is 0 Å². The van der Waals surface area contributed by atoms with Gasteiger partial charge in [0.25, 0.3) is 0 Å². The summed E-state index contributed by atoms with van der Waals surface area (Å²) in [6.07, 6.45) is 2.19. The van der Waals surface area contributed by atoms with Crippen LogP contribution in [0.4, 0.5) is 0 Å². The van der Waals surface area contributed by atoms with E-state index in [-0.39, 0.29) is 0 Å². The minimum atomic E-state index is 0.376. The highest BCUT2D eigenvalue weighted by Gasteiger charge is 2.14. The topological polar surface area (TPSA) is 54.0 Å².